The van der Waals surface area contributed by atoms with Crippen LogP contribution in [-0.2, 0) is 22.0 Å². The molecule has 8 nitrogen and oxygen atoms in total. The summed E-state index contributed by atoms with van der Waals surface area (Å²) in [7, 11) is -3.62. The van der Waals surface area contributed by atoms with Crippen LogP contribution in [0.2, 0.25) is 0 Å². The molecule has 3 rings (SSSR count). The highest BCUT2D eigenvalue weighted by Gasteiger charge is 2.23. The molecule has 0 saturated heterocycles. The molecule has 0 atom stereocenters. The molecule has 0 radical (unpaired) electrons. The van der Waals surface area contributed by atoms with E-state index < -0.39 is 15.7 Å². The number of nitrogens with one attached hydrogen (secondary N) is 1. The van der Waals surface area contributed by atoms with Crippen LogP contribution in [0.15, 0.2) is 34.7 Å². The van der Waals surface area contributed by atoms with Gasteiger partial charge in [-0.05, 0) is 23.5 Å². The lowest BCUT2D eigenvalue weighted by Crippen LogP contribution is -2.12. The van der Waals surface area contributed by atoms with Crippen molar-refractivity contribution in [3.05, 3.63) is 46.5 Å². The molecule has 0 spiro atoms. The van der Waals surface area contributed by atoms with E-state index in [1.54, 1.807) is 24.3 Å². The molecule has 1 N–H and O–H groups in total. The maximum absolute atomic E-state index is 12.4. The number of benzene rings is 1. The van der Waals surface area contributed by atoms with E-state index in [4.69, 9.17) is 0 Å². The molecule has 2 heterocycles. The fourth-order valence-electron chi connectivity index (χ4n) is 2.01. The highest BCUT2D eigenvalue weighted by molar-refractivity contribution is 7.92. The van der Waals surface area contributed by atoms with Crippen molar-refractivity contribution in [3.63, 3.8) is 0 Å². The molecular formula is C14H13N5O3S3. The van der Waals surface area contributed by atoms with Crippen molar-refractivity contribution in [2.75, 3.05) is 5.32 Å². The fraction of sp³-hybridized carbons (Fsp3) is 0.214. The summed E-state index contributed by atoms with van der Waals surface area (Å²) in [4.78, 5) is 12.6. The first-order valence-electron chi connectivity index (χ1n) is 7.22. The molecule has 3 aromatic rings. The number of carbonyl (C=O) groups excluding carboxylic acids is 1. The topological polar surface area (TPSA) is 115 Å². The lowest BCUT2D eigenvalue weighted by Gasteiger charge is -2.00. The summed E-state index contributed by atoms with van der Waals surface area (Å²) >= 11 is 1.80. The zero-order valence-corrected chi connectivity index (χ0v) is 15.5. The van der Waals surface area contributed by atoms with Crippen molar-refractivity contribution in [1.29, 1.82) is 0 Å². The molecular weight excluding hydrogens is 382 g/mol. The van der Waals surface area contributed by atoms with Crippen molar-refractivity contribution in [2.24, 2.45) is 0 Å². The molecule has 11 heteroatoms. The molecule has 130 valence electrons. The van der Waals surface area contributed by atoms with Gasteiger partial charge in [0.2, 0.25) is 19.3 Å². The minimum atomic E-state index is -3.62. The molecule has 0 saturated carbocycles. The van der Waals surface area contributed by atoms with E-state index in [0.29, 0.717) is 22.6 Å². The van der Waals surface area contributed by atoms with Gasteiger partial charge in [-0.1, -0.05) is 53.1 Å². The van der Waals surface area contributed by atoms with Gasteiger partial charge < -0.3 is 0 Å². The Labute approximate surface area is 152 Å². The first kappa shape index (κ1) is 17.6. The van der Waals surface area contributed by atoms with Crippen LogP contribution in [0.5, 0.6) is 0 Å². The SMILES string of the molecule is CCc1nnsc1C(=O)Nc1nnc(S(=O)(=O)Cc2ccccc2)s1. The van der Waals surface area contributed by atoms with Crippen molar-refractivity contribution in [2.45, 2.75) is 23.4 Å². The number of sulfone groups is 1. The van der Waals surface area contributed by atoms with Gasteiger partial charge in [-0.3, -0.25) is 10.1 Å². The number of aryl methyl sites for hydroxylation is 1. The molecule has 1 aromatic carbocycles. The molecule has 25 heavy (non-hydrogen) atoms. The molecule has 0 bridgehead atoms. The predicted octanol–water partition coefficient (Wildman–Crippen LogP) is 2.18. The molecule has 0 unspecified atom stereocenters. The highest BCUT2D eigenvalue weighted by Crippen LogP contribution is 2.24. The third kappa shape index (κ3) is 4.06. The van der Waals surface area contributed by atoms with Crippen LogP contribution in [0.25, 0.3) is 0 Å². The van der Waals surface area contributed by atoms with Crippen LogP contribution in [0.4, 0.5) is 5.13 Å². The maximum atomic E-state index is 12.4. The van der Waals surface area contributed by atoms with E-state index in [1.807, 2.05) is 13.0 Å². The van der Waals surface area contributed by atoms with Gasteiger partial charge in [-0.2, -0.15) is 0 Å². The average Bonchev–Trinajstić information content (AvgIpc) is 3.24. The van der Waals surface area contributed by atoms with Crippen LogP contribution < -0.4 is 5.32 Å². The van der Waals surface area contributed by atoms with Crippen molar-refractivity contribution in [3.8, 4) is 0 Å². The number of anilines is 1. The molecule has 0 aliphatic carbocycles. The number of aromatic nitrogens is 4. The van der Waals surface area contributed by atoms with E-state index in [-0.39, 0.29) is 15.2 Å². The number of hydrogen-bond acceptors (Lipinski definition) is 9. The largest absolute Gasteiger partial charge is 0.296 e. The van der Waals surface area contributed by atoms with Gasteiger partial charge in [0.1, 0.15) is 4.88 Å². The molecule has 0 aliphatic heterocycles. The van der Waals surface area contributed by atoms with Crippen LogP contribution in [0.3, 0.4) is 0 Å². The van der Waals surface area contributed by atoms with Gasteiger partial charge in [0.25, 0.3) is 5.91 Å². The third-order valence-electron chi connectivity index (χ3n) is 3.19. The first-order valence-corrected chi connectivity index (χ1v) is 10.5. The lowest BCUT2D eigenvalue weighted by atomic mass is 10.2. The van der Waals surface area contributed by atoms with E-state index in [0.717, 1.165) is 22.9 Å². The van der Waals surface area contributed by atoms with E-state index in [2.05, 4.69) is 25.1 Å². The minimum absolute atomic E-state index is 0.118. The van der Waals surface area contributed by atoms with Gasteiger partial charge >= 0.3 is 0 Å². The van der Waals surface area contributed by atoms with Gasteiger partial charge in [0.15, 0.2) is 0 Å². The Kier molecular flexibility index (Phi) is 5.16. The number of carbonyl (C=O) groups is 1. The lowest BCUT2D eigenvalue weighted by molar-refractivity contribution is 0.102. The Balaban J connectivity index is 1.75. The molecule has 2 aromatic heterocycles. The summed E-state index contributed by atoms with van der Waals surface area (Å²) in [5.41, 5.74) is 1.25. The van der Waals surface area contributed by atoms with Crippen LogP contribution in [0.1, 0.15) is 27.9 Å². The van der Waals surface area contributed by atoms with Crippen LogP contribution in [-0.4, -0.2) is 34.1 Å². The number of hydrogen-bond donors (Lipinski definition) is 1. The summed E-state index contributed by atoms with van der Waals surface area (Å²) < 4.78 is 28.4. The molecule has 0 aliphatic rings. The summed E-state index contributed by atoms with van der Waals surface area (Å²) in [5, 5.41) is 14.0. The van der Waals surface area contributed by atoms with E-state index in [1.165, 1.54) is 0 Å². The van der Waals surface area contributed by atoms with Gasteiger partial charge in [0.05, 0.1) is 11.4 Å². The summed E-state index contributed by atoms with van der Waals surface area (Å²) in [6, 6.07) is 8.80. The van der Waals surface area contributed by atoms with Crippen molar-refractivity contribution < 1.29 is 13.2 Å². The standard InChI is InChI=1S/C14H13N5O3S3/c1-2-10-11(24-19-16-10)12(20)15-13-17-18-14(23-13)25(21,22)8-9-6-4-3-5-7-9/h3-7H,2,8H2,1H3,(H,15,17,20). The van der Waals surface area contributed by atoms with Gasteiger partial charge in [-0.15, -0.1) is 15.3 Å². The average molecular weight is 395 g/mol. The Morgan fingerprint density at radius 2 is 1.92 bits per heavy atom. The van der Waals surface area contributed by atoms with Crippen LogP contribution in [0, 0.1) is 0 Å². The number of amides is 1. The van der Waals surface area contributed by atoms with Gasteiger partial charge in [-0.25, -0.2) is 8.42 Å². The summed E-state index contributed by atoms with van der Waals surface area (Å²) in [6.45, 7) is 1.87. The normalized spacial score (nSPS) is 11.4. The molecule has 0 fully saturated rings. The zero-order chi connectivity index (χ0) is 17.9. The third-order valence-corrected chi connectivity index (χ3v) is 6.93. The Bertz CT molecular complexity index is 982. The fourth-order valence-corrected chi connectivity index (χ4v) is 4.97. The number of rotatable bonds is 6. The summed E-state index contributed by atoms with van der Waals surface area (Å²) in [5.74, 6) is -0.593. The Morgan fingerprint density at radius 1 is 1.16 bits per heavy atom. The second kappa shape index (κ2) is 7.33. The smallest absolute Gasteiger partial charge is 0.271 e. The second-order valence-electron chi connectivity index (χ2n) is 4.97. The first-order chi connectivity index (χ1) is 12.0. The minimum Gasteiger partial charge on any atom is -0.296 e. The van der Waals surface area contributed by atoms with E-state index >= 15 is 0 Å². The Morgan fingerprint density at radius 3 is 2.64 bits per heavy atom. The van der Waals surface area contributed by atoms with E-state index in [9.17, 15) is 13.2 Å². The number of nitrogens with zero attached hydrogens (tertiary/aromatic N) is 4. The van der Waals surface area contributed by atoms with Crippen molar-refractivity contribution >= 4 is 43.7 Å². The molecule has 1 amide bonds. The second-order valence-corrected chi connectivity index (χ2v) is 8.87. The Hall–Kier alpha value is -2.24. The summed E-state index contributed by atoms with van der Waals surface area (Å²) in [6.07, 6.45) is 0.575. The maximum Gasteiger partial charge on any atom is 0.271 e. The van der Waals surface area contributed by atoms with Crippen molar-refractivity contribution in [1.82, 2.24) is 19.8 Å². The highest BCUT2D eigenvalue weighted by atomic mass is 32.2. The monoisotopic (exact) mass is 395 g/mol. The van der Waals surface area contributed by atoms with Crippen LogP contribution >= 0.6 is 22.9 Å². The predicted molar refractivity (Wildman–Crippen MR) is 94.5 cm³/mol. The van der Waals surface area contributed by atoms with Gasteiger partial charge in [0, 0.05) is 0 Å². The quantitative estimate of drug-likeness (QED) is 0.636. The zero-order valence-electron chi connectivity index (χ0n) is 13.0.